The molecule has 6 heteroatoms. The number of nitriles is 1. The smallest absolute Gasteiger partial charge is 0.266 e. The molecule has 0 bridgehead atoms. The number of nitrogens with zero attached hydrogens (tertiary/aromatic N) is 1. The molecule has 0 unspecified atom stereocenters. The number of ether oxygens (including phenoxy) is 1. The molecule has 5 nitrogen and oxygen atoms in total. The Hall–Kier alpha value is -2.97. The fourth-order valence-corrected chi connectivity index (χ4v) is 2.25. The number of amides is 1. The highest BCUT2D eigenvalue weighted by Crippen LogP contribution is 2.27. The summed E-state index contributed by atoms with van der Waals surface area (Å²) in [5.41, 5.74) is 1.02. The van der Waals surface area contributed by atoms with E-state index in [-0.39, 0.29) is 17.4 Å². The van der Waals surface area contributed by atoms with Crippen LogP contribution >= 0.6 is 11.6 Å². The SMILES string of the molecule is CC(C)Oc1ccc(/C=C(\C#N)C(=O)Nc2ccc(O)cc2)cc1Cl. The number of hydrogen-bond donors (Lipinski definition) is 2. The lowest BCUT2D eigenvalue weighted by atomic mass is 10.1. The molecule has 0 aromatic heterocycles. The molecule has 0 saturated heterocycles. The first-order valence-corrected chi connectivity index (χ1v) is 7.95. The van der Waals surface area contributed by atoms with Crippen LogP contribution in [0.1, 0.15) is 19.4 Å². The van der Waals surface area contributed by atoms with E-state index >= 15 is 0 Å². The molecule has 1 amide bonds. The summed E-state index contributed by atoms with van der Waals surface area (Å²) in [4.78, 5) is 12.2. The minimum absolute atomic E-state index is 0.00958. The molecule has 0 saturated carbocycles. The number of nitrogens with one attached hydrogen (secondary N) is 1. The Kier molecular flexibility index (Phi) is 6.04. The van der Waals surface area contributed by atoms with Crippen LogP contribution in [0.3, 0.4) is 0 Å². The number of hydrogen-bond acceptors (Lipinski definition) is 4. The van der Waals surface area contributed by atoms with Crippen molar-refractivity contribution in [1.82, 2.24) is 0 Å². The predicted molar refractivity (Wildman–Crippen MR) is 97.5 cm³/mol. The van der Waals surface area contributed by atoms with Gasteiger partial charge in [-0.25, -0.2) is 0 Å². The third-order valence-corrected chi connectivity index (χ3v) is 3.42. The Labute approximate surface area is 151 Å². The number of phenols is 1. The molecular weight excluding hydrogens is 340 g/mol. The summed E-state index contributed by atoms with van der Waals surface area (Å²) in [6.07, 6.45) is 1.44. The van der Waals surface area contributed by atoms with Crippen molar-refractivity contribution >= 4 is 29.3 Å². The van der Waals surface area contributed by atoms with Gasteiger partial charge in [0.2, 0.25) is 0 Å². The highest BCUT2D eigenvalue weighted by Gasteiger charge is 2.11. The summed E-state index contributed by atoms with van der Waals surface area (Å²) in [6, 6.07) is 12.9. The topological polar surface area (TPSA) is 82.3 Å². The lowest BCUT2D eigenvalue weighted by Crippen LogP contribution is -2.13. The van der Waals surface area contributed by atoms with Gasteiger partial charge in [-0.2, -0.15) is 5.26 Å². The molecule has 2 aromatic carbocycles. The van der Waals surface area contributed by atoms with E-state index in [0.29, 0.717) is 22.0 Å². The molecule has 0 atom stereocenters. The molecule has 0 heterocycles. The van der Waals surface area contributed by atoms with Crippen LogP contribution in [0.15, 0.2) is 48.0 Å². The average molecular weight is 357 g/mol. The van der Waals surface area contributed by atoms with Crippen molar-refractivity contribution in [2.75, 3.05) is 5.32 Å². The Morgan fingerprint density at radius 1 is 1.28 bits per heavy atom. The van der Waals surface area contributed by atoms with Gasteiger partial charge in [0.15, 0.2) is 0 Å². The van der Waals surface area contributed by atoms with E-state index < -0.39 is 5.91 Å². The molecule has 0 aliphatic rings. The fraction of sp³-hybridized carbons (Fsp3) is 0.158. The molecule has 0 aliphatic carbocycles. The van der Waals surface area contributed by atoms with E-state index in [1.54, 1.807) is 18.2 Å². The van der Waals surface area contributed by atoms with Gasteiger partial charge in [-0.1, -0.05) is 17.7 Å². The van der Waals surface area contributed by atoms with E-state index in [1.165, 1.54) is 30.3 Å². The molecule has 0 fully saturated rings. The summed E-state index contributed by atoms with van der Waals surface area (Å²) >= 11 is 6.16. The van der Waals surface area contributed by atoms with Gasteiger partial charge in [-0.3, -0.25) is 4.79 Å². The number of phenolic OH excluding ortho intramolecular Hbond substituents is 1. The third kappa shape index (κ3) is 5.27. The number of carbonyl (C=O) groups is 1. The Morgan fingerprint density at radius 2 is 1.96 bits per heavy atom. The molecule has 2 aromatic rings. The van der Waals surface area contributed by atoms with Crippen molar-refractivity contribution in [3.8, 4) is 17.6 Å². The Balaban J connectivity index is 2.19. The van der Waals surface area contributed by atoms with Crippen molar-refractivity contribution < 1.29 is 14.6 Å². The normalized spacial score (nSPS) is 11.1. The van der Waals surface area contributed by atoms with Gasteiger partial charge in [0.25, 0.3) is 5.91 Å². The quantitative estimate of drug-likeness (QED) is 0.473. The van der Waals surface area contributed by atoms with Gasteiger partial charge >= 0.3 is 0 Å². The van der Waals surface area contributed by atoms with Crippen molar-refractivity contribution in [3.05, 3.63) is 58.6 Å². The maximum Gasteiger partial charge on any atom is 0.266 e. The van der Waals surface area contributed by atoms with E-state index in [4.69, 9.17) is 16.3 Å². The van der Waals surface area contributed by atoms with Crippen LogP contribution in [0.4, 0.5) is 5.69 Å². The summed E-state index contributed by atoms with van der Waals surface area (Å²) in [5, 5.41) is 21.5. The second kappa shape index (κ2) is 8.22. The molecule has 2 N–H and O–H groups in total. The summed E-state index contributed by atoms with van der Waals surface area (Å²) in [7, 11) is 0. The van der Waals surface area contributed by atoms with Crippen LogP contribution in [0.5, 0.6) is 11.5 Å². The average Bonchev–Trinajstić information content (AvgIpc) is 2.56. The maximum atomic E-state index is 12.2. The summed E-state index contributed by atoms with van der Waals surface area (Å²) < 4.78 is 5.55. The maximum absolute atomic E-state index is 12.2. The van der Waals surface area contributed by atoms with Crippen molar-refractivity contribution in [2.24, 2.45) is 0 Å². The molecule has 0 aliphatic heterocycles. The van der Waals surface area contributed by atoms with E-state index in [2.05, 4.69) is 5.32 Å². The lowest BCUT2D eigenvalue weighted by molar-refractivity contribution is -0.112. The van der Waals surface area contributed by atoms with E-state index in [9.17, 15) is 15.2 Å². The Morgan fingerprint density at radius 3 is 2.52 bits per heavy atom. The van der Waals surface area contributed by atoms with Crippen LogP contribution in [-0.4, -0.2) is 17.1 Å². The summed E-state index contributed by atoms with van der Waals surface area (Å²) in [6.45, 7) is 3.79. The van der Waals surface area contributed by atoms with Gasteiger partial charge < -0.3 is 15.2 Å². The van der Waals surface area contributed by atoms with Crippen molar-refractivity contribution in [2.45, 2.75) is 20.0 Å². The van der Waals surface area contributed by atoms with Crippen molar-refractivity contribution in [3.63, 3.8) is 0 Å². The van der Waals surface area contributed by atoms with Crippen LogP contribution in [0.2, 0.25) is 5.02 Å². The second-order valence-electron chi connectivity index (χ2n) is 5.53. The first-order valence-electron chi connectivity index (χ1n) is 7.57. The van der Waals surface area contributed by atoms with Gasteiger partial charge in [0, 0.05) is 5.69 Å². The molecule has 0 spiro atoms. The number of carbonyl (C=O) groups excluding carboxylic acids is 1. The second-order valence-corrected chi connectivity index (χ2v) is 5.93. The number of halogens is 1. The fourth-order valence-electron chi connectivity index (χ4n) is 2.01. The van der Waals surface area contributed by atoms with Crippen LogP contribution in [-0.2, 0) is 4.79 Å². The molecule has 25 heavy (non-hydrogen) atoms. The standard InChI is InChI=1S/C19H17ClN2O3/c1-12(2)25-18-8-3-13(10-17(18)20)9-14(11-21)19(24)22-15-4-6-16(23)7-5-15/h3-10,12,23H,1-2H3,(H,22,24)/b14-9+. The lowest BCUT2D eigenvalue weighted by Gasteiger charge is -2.11. The third-order valence-electron chi connectivity index (χ3n) is 3.12. The number of anilines is 1. The zero-order valence-electron chi connectivity index (χ0n) is 13.8. The summed E-state index contributed by atoms with van der Waals surface area (Å²) in [5.74, 6) is 0.0834. The van der Waals surface area contributed by atoms with Crippen LogP contribution in [0.25, 0.3) is 6.08 Å². The molecular formula is C19H17ClN2O3. The minimum atomic E-state index is -0.549. The monoisotopic (exact) mass is 356 g/mol. The van der Waals surface area contributed by atoms with E-state index in [1.807, 2.05) is 19.9 Å². The van der Waals surface area contributed by atoms with Gasteiger partial charge in [-0.15, -0.1) is 0 Å². The number of rotatable bonds is 5. The van der Waals surface area contributed by atoms with Gasteiger partial charge in [0.05, 0.1) is 11.1 Å². The predicted octanol–water partition coefficient (Wildman–Crippen LogP) is 4.38. The zero-order chi connectivity index (χ0) is 18.4. The largest absolute Gasteiger partial charge is 0.508 e. The molecule has 2 rings (SSSR count). The van der Waals surface area contributed by atoms with E-state index in [0.717, 1.165) is 0 Å². The molecule has 0 radical (unpaired) electrons. The van der Waals surface area contributed by atoms with Gasteiger partial charge in [0.1, 0.15) is 23.1 Å². The number of aromatic hydroxyl groups is 1. The number of benzene rings is 2. The zero-order valence-corrected chi connectivity index (χ0v) is 14.5. The van der Waals surface area contributed by atoms with Crippen LogP contribution in [0, 0.1) is 11.3 Å². The first-order chi connectivity index (χ1) is 11.9. The minimum Gasteiger partial charge on any atom is -0.508 e. The molecule has 128 valence electrons. The Bertz CT molecular complexity index is 837. The van der Waals surface area contributed by atoms with Crippen molar-refractivity contribution in [1.29, 1.82) is 5.26 Å². The highest BCUT2D eigenvalue weighted by molar-refractivity contribution is 6.32. The van der Waals surface area contributed by atoms with Crippen LogP contribution < -0.4 is 10.1 Å². The van der Waals surface area contributed by atoms with Gasteiger partial charge in [-0.05, 0) is 61.9 Å². The first kappa shape index (κ1) is 18.4. The highest BCUT2D eigenvalue weighted by atomic mass is 35.5.